The fraction of sp³-hybridized carbons (Fsp3) is 0.368. The van der Waals surface area contributed by atoms with Crippen LogP contribution in [0, 0.1) is 0 Å². The molecule has 0 fully saturated rings. The second-order valence-electron chi connectivity index (χ2n) is 6.36. The highest BCUT2D eigenvalue weighted by Gasteiger charge is 2.16. The molecular weight excluding hydrogens is 324 g/mol. The van der Waals surface area contributed by atoms with Gasteiger partial charge < -0.3 is 9.47 Å². The zero-order chi connectivity index (χ0) is 17.2. The summed E-state index contributed by atoms with van der Waals surface area (Å²) in [5.41, 5.74) is 3.24. The average Bonchev–Trinajstić information content (AvgIpc) is 3.01. The minimum Gasteiger partial charge on any atom is -0.454 e. The van der Waals surface area contributed by atoms with Gasteiger partial charge in [0.15, 0.2) is 21.3 Å². The van der Waals surface area contributed by atoms with Crippen molar-refractivity contribution in [1.29, 1.82) is 0 Å². The van der Waals surface area contributed by atoms with E-state index in [1.54, 1.807) is 13.8 Å². The summed E-state index contributed by atoms with van der Waals surface area (Å²) in [6, 6.07) is 13.9. The highest BCUT2D eigenvalue weighted by Crippen LogP contribution is 2.32. The number of aryl methyl sites for hydroxylation is 2. The van der Waals surface area contributed by atoms with Gasteiger partial charge in [-0.05, 0) is 55.5 Å². The molecule has 1 aliphatic rings. The summed E-state index contributed by atoms with van der Waals surface area (Å²) in [6.07, 6.45) is 1.80. The average molecular weight is 346 g/mol. The molecule has 0 unspecified atom stereocenters. The molecule has 0 atom stereocenters. The lowest BCUT2D eigenvalue weighted by Gasteiger charge is -2.08. The van der Waals surface area contributed by atoms with Crippen molar-refractivity contribution >= 4 is 9.84 Å². The Hall–Kier alpha value is -2.01. The molecule has 0 saturated carbocycles. The topological polar surface area (TPSA) is 52.6 Å². The van der Waals surface area contributed by atoms with Crippen molar-refractivity contribution in [2.24, 2.45) is 0 Å². The van der Waals surface area contributed by atoms with E-state index in [4.69, 9.17) is 9.47 Å². The first kappa shape index (κ1) is 16.8. The van der Waals surface area contributed by atoms with E-state index in [1.165, 1.54) is 11.1 Å². The lowest BCUT2D eigenvalue weighted by molar-refractivity contribution is 0.174. The molecule has 0 amide bonds. The van der Waals surface area contributed by atoms with E-state index in [0.29, 0.717) is 6.79 Å². The van der Waals surface area contributed by atoms with Gasteiger partial charge in [-0.3, -0.25) is 0 Å². The highest BCUT2D eigenvalue weighted by atomic mass is 32.2. The Balaban J connectivity index is 1.60. The van der Waals surface area contributed by atoms with Gasteiger partial charge >= 0.3 is 0 Å². The zero-order valence-electron chi connectivity index (χ0n) is 14.0. The molecule has 5 heteroatoms. The molecule has 2 aromatic carbocycles. The van der Waals surface area contributed by atoms with Crippen molar-refractivity contribution in [1.82, 2.24) is 0 Å². The molecule has 4 nitrogen and oxygen atoms in total. The molecule has 0 aliphatic carbocycles. The van der Waals surface area contributed by atoms with Crippen LogP contribution in [-0.2, 0) is 28.4 Å². The van der Waals surface area contributed by atoms with Crippen LogP contribution in [0.2, 0.25) is 0 Å². The predicted octanol–water partition coefficient (Wildman–Crippen LogP) is 3.52. The molecule has 1 heterocycles. The maximum absolute atomic E-state index is 12.0. The fourth-order valence-corrected chi connectivity index (χ4v) is 3.58. The Bertz CT molecular complexity index is 808. The quantitative estimate of drug-likeness (QED) is 0.803. The molecule has 0 spiro atoms. The smallest absolute Gasteiger partial charge is 0.231 e. The molecule has 24 heavy (non-hydrogen) atoms. The molecule has 1 aliphatic heterocycles. The molecule has 0 bridgehead atoms. The first-order valence-corrected chi connectivity index (χ1v) is 9.83. The van der Waals surface area contributed by atoms with Gasteiger partial charge in [-0.1, -0.05) is 30.3 Å². The van der Waals surface area contributed by atoms with Gasteiger partial charge in [-0.15, -0.1) is 0 Å². The predicted molar refractivity (Wildman–Crippen MR) is 94.2 cm³/mol. The molecule has 2 aromatic rings. The van der Waals surface area contributed by atoms with Crippen molar-refractivity contribution in [2.75, 3.05) is 6.79 Å². The number of sulfone groups is 1. The van der Waals surface area contributed by atoms with Crippen LogP contribution in [0.1, 0.15) is 30.5 Å². The molecular formula is C19H22O4S. The van der Waals surface area contributed by atoms with E-state index >= 15 is 0 Å². The van der Waals surface area contributed by atoms with Crippen LogP contribution < -0.4 is 9.47 Å². The minimum absolute atomic E-state index is 0.104. The largest absolute Gasteiger partial charge is 0.454 e. The van der Waals surface area contributed by atoms with Crippen molar-refractivity contribution < 1.29 is 17.9 Å². The second kappa shape index (κ2) is 6.85. The van der Waals surface area contributed by atoms with Crippen molar-refractivity contribution in [3.8, 4) is 11.5 Å². The van der Waals surface area contributed by atoms with Gasteiger partial charge in [0.25, 0.3) is 0 Å². The van der Waals surface area contributed by atoms with Crippen molar-refractivity contribution in [2.45, 2.75) is 37.7 Å². The van der Waals surface area contributed by atoms with Crippen LogP contribution in [-0.4, -0.2) is 20.5 Å². The van der Waals surface area contributed by atoms with Crippen LogP contribution in [0.25, 0.3) is 0 Å². The molecule has 0 N–H and O–H groups in total. The number of hydrogen-bond acceptors (Lipinski definition) is 4. The van der Waals surface area contributed by atoms with Crippen LogP contribution in [0.4, 0.5) is 0 Å². The number of fused-ring (bicyclic) bond motifs is 1. The SMILES string of the molecule is CC(C)S(=O)(=O)Cc1ccc(CCc2ccc3c(c2)OCO3)cc1. The van der Waals surface area contributed by atoms with E-state index in [2.05, 4.69) is 6.07 Å². The molecule has 0 radical (unpaired) electrons. The first-order valence-electron chi connectivity index (χ1n) is 8.12. The normalized spacial score (nSPS) is 13.5. The van der Waals surface area contributed by atoms with Crippen LogP contribution in [0.15, 0.2) is 42.5 Å². The summed E-state index contributed by atoms with van der Waals surface area (Å²) in [6.45, 7) is 3.73. The van der Waals surface area contributed by atoms with Crippen LogP contribution >= 0.6 is 0 Å². The van der Waals surface area contributed by atoms with Gasteiger partial charge in [0.2, 0.25) is 6.79 Å². The van der Waals surface area contributed by atoms with Gasteiger partial charge in [0.1, 0.15) is 0 Å². The van der Waals surface area contributed by atoms with Gasteiger partial charge in [-0.25, -0.2) is 8.42 Å². The second-order valence-corrected chi connectivity index (χ2v) is 8.92. The Kier molecular flexibility index (Phi) is 4.81. The number of hydrogen-bond donors (Lipinski definition) is 0. The van der Waals surface area contributed by atoms with E-state index < -0.39 is 9.84 Å². The molecule has 0 aromatic heterocycles. The molecule has 0 saturated heterocycles. The molecule has 128 valence electrons. The maximum atomic E-state index is 12.0. The summed E-state index contributed by atoms with van der Waals surface area (Å²) >= 11 is 0. The van der Waals surface area contributed by atoms with Gasteiger partial charge in [0.05, 0.1) is 11.0 Å². The Morgan fingerprint density at radius 1 is 0.875 bits per heavy atom. The highest BCUT2D eigenvalue weighted by molar-refractivity contribution is 7.91. The van der Waals surface area contributed by atoms with Gasteiger partial charge in [0, 0.05) is 0 Å². The zero-order valence-corrected chi connectivity index (χ0v) is 14.8. The summed E-state index contributed by atoms with van der Waals surface area (Å²) < 4.78 is 34.6. The third-order valence-corrected chi connectivity index (χ3v) is 6.42. The molecule has 3 rings (SSSR count). The Labute approximate surface area is 143 Å². The summed E-state index contributed by atoms with van der Waals surface area (Å²) in [5, 5.41) is -0.344. The fourth-order valence-electron chi connectivity index (χ4n) is 2.59. The van der Waals surface area contributed by atoms with Crippen molar-refractivity contribution in [3.63, 3.8) is 0 Å². The summed E-state index contributed by atoms with van der Waals surface area (Å²) in [4.78, 5) is 0. The lowest BCUT2D eigenvalue weighted by Crippen LogP contribution is -2.15. The number of rotatable bonds is 6. The van der Waals surface area contributed by atoms with E-state index in [0.717, 1.165) is 29.9 Å². The maximum Gasteiger partial charge on any atom is 0.231 e. The van der Waals surface area contributed by atoms with Crippen molar-refractivity contribution in [3.05, 3.63) is 59.2 Å². The van der Waals surface area contributed by atoms with E-state index in [-0.39, 0.29) is 11.0 Å². The first-order chi connectivity index (χ1) is 11.4. The lowest BCUT2D eigenvalue weighted by atomic mass is 10.0. The Morgan fingerprint density at radius 3 is 2.17 bits per heavy atom. The number of ether oxygens (including phenoxy) is 2. The van der Waals surface area contributed by atoms with Gasteiger partial charge in [-0.2, -0.15) is 0 Å². The van der Waals surface area contributed by atoms with Crippen LogP contribution in [0.5, 0.6) is 11.5 Å². The Morgan fingerprint density at radius 2 is 1.46 bits per heavy atom. The monoisotopic (exact) mass is 346 g/mol. The third-order valence-electron chi connectivity index (χ3n) is 4.25. The van der Waals surface area contributed by atoms with E-state index in [9.17, 15) is 8.42 Å². The summed E-state index contributed by atoms with van der Waals surface area (Å²) in [5.74, 6) is 1.71. The summed E-state index contributed by atoms with van der Waals surface area (Å²) in [7, 11) is -3.05. The van der Waals surface area contributed by atoms with Crippen LogP contribution in [0.3, 0.4) is 0 Å². The minimum atomic E-state index is -3.05. The van der Waals surface area contributed by atoms with E-state index in [1.807, 2.05) is 36.4 Å². The standard InChI is InChI=1S/C19H22O4S/c1-14(2)24(20,21)12-17-7-4-15(5-8-17)3-6-16-9-10-18-19(11-16)23-13-22-18/h4-5,7-11,14H,3,6,12-13H2,1-2H3. The third kappa shape index (κ3) is 3.90. The number of benzene rings is 2.